The van der Waals surface area contributed by atoms with Crippen molar-refractivity contribution in [2.75, 3.05) is 46.2 Å². The average Bonchev–Trinajstić information content (AvgIpc) is 3.12. The van der Waals surface area contributed by atoms with E-state index >= 15 is 0 Å². The third kappa shape index (κ3) is 3.59. The van der Waals surface area contributed by atoms with Gasteiger partial charge in [-0.2, -0.15) is 0 Å². The molecule has 1 saturated carbocycles. The van der Waals surface area contributed by atoms with Crippen LogP contribution < -0.4 is 14.8 Å². The van der Waals surface area contributed by atoms with Crippen LogP contribution in [-0.4, -0.2) is 74.5 Å². The Morgan fingerprint density at radius 3 is 2.47 bits per heavy atom. The number of hydrogen-bond acceptors (Lipinski definition) is 5. The number of halogens is 2. The number of alkyl halides is 2. The summed E-state index contributed by atoms with van der Waals surface area (Å²) >= 11 is 0. The molecule has 2 heterocycles. The summed E-state index contributed by atoms with van der Waals surface area (Å²) in [5, 5.41) is 2.84. The molecule has 7 nitrogen and oxygen atoms in total. The number of piperidine rings is 1. The lowest BCUT2D eigenvalue weighted by Gasteiger charge is -2.22. The van der Waals surface area contributed by atoms with Crippen molar-refractivity contribution in [1.29, 1.82) is 0 Å². The van der Waals surface area contributed by atoms with Crippen molar-refractivity contribution in [2.45, 2.75) is 31.2 Å². The zero-order valence-electron chi connectivity index (χ0n) is 17.4. The molecule has 2 aliphatic heterocycles. The van der Waals surface area contributed by atoms with Gasteiger partial charge in [0.1, 0.15) is 0 Å². The maximum Gasteiger partial charge on any atom is 0.258 e. The second-order valence-electron chi connectivity index (χ2n) is 8.39. The van der Waals surface area contributed by atoms with E-state index in [2.05, 4.69) is 10.2 Å². The van der Waals surface area contributed by atoms with E-state index in [0.717, 1.165) is 19.4 Å². The molecule has 0 aromatic heterocycles. The van der Waals surface area contributed by atoms with E-state index in [-0.39, 0.29) is 36.5 Å². The van der Waals surface area contributed by atoms with Crippen LogP contribution in [0.25, 0.3) is 0 Å². The largest absolute Gasteiger partial charge is 0.493 e. The summed E-state index contributed by atoms with van der Waals surface area (Å²) in [6.07, 6.45) is 2.36. The standard InChI is InChI=1S/C21H27F2N3O4/c1-25-6-4-5-13(25)9-18(27)24-16-7-12(8-17(29-2)19(16)30-3)20(28)26-10-14-15(11-26)21(14,22)23/h7-8,13-15H,4-6,9-11H2,1-3H3,(H,24,27). The van der Waals surface area contributed by atoms with Gasteiger partial charge in [-0.25, -0.2) is 8.78 Å². The maximum absolute atomic E-state index is 13.5. The number of fused-ring (bicyclic) bond motifs is 1. The molecule has 3 atom stereocenters. The molecule has 1 aliphatic carbocycles. The fourth-order valence-corrected chi connectivity index (χ4v) is 4.69. The molecule has 0 bridgehead atoms. The number of carbonyl (C=O) groups is 2. The Labute approximate surface area is 174 Å². The van der Waals surface area contributed by atoms with Gasteiger partial charge < -0.3 is 24.6 Å². The van der Waals surface area contributed by atoms with Crippen molar-refractivity contribution in [1.82, 2.24) is 9.80 Å². The van der Waals surface area contributed by atoms with Crippen LogP contribution in [0.15, 0.2) is 12.1 Å². The predicted octanol–water partition coefficient (Wildman–Crippen LogP) is 2.46. The molecular weight excluding hydrogens is 396 g/mol. The molecule has 3 unspecified atom stereocenters. The Morgan fingerprint density at radius 2 is 1.90 bits per heavy atom. The number of benzene rings is 1. The Hall–Kier alpha value is -2.42. The Bertz CT molecular complexity index is 849. The first-order valence-corrected chi connectivity index (χ1v) is 10.2. The Morgan fingerprint density at radius 1 is 1.20 bits per heavy atom. The highest BCUT2D eigenvalue weighted by molar-refractivity contribution is 5.99. The topological polar surface area (TPSA) is 71.1 Å². The summed E-state index contributed by atoms with van der Waals surface area (Å²) in [7, 11) is 4.89. The smallest absolute Gasteiger partial charge is 0.258 e. The molecule has 4 rings (SSSR count). The van der Waals surface area contributed by atoms with Crippen LogP contribution in [0.2, 0.25) is 0 Å². The van der Waals surface area contributed by atoms with Crippen LogP contribution in [0.3, 0.4) is 0 Å². The minimum atomic E-state index is -2.65. The van der Waals surface area contributed by atoms with Gasteiger partial charge in [0.25, 0.3) is 11.8 Å². The second kappa shape index (κ2) is 7.68. The van der Waals surface area contributed by atoms with Gasteiger partial charge in [0.15, 0.2) is 11.5 Å². The highest BCUT2D eigenvalue weighted by atomic mass is 19.3. The molecule has 9 heteroatoms. The minimum absolute atomic E-state index is 0.0422. The first kappa shape index (κ1) is 20.8. The van der Waals surface area contributed by atoms with Crippen molar-refractivity contribution >= 4 is 17.5 Å². The fraction of sp³-hybridized carbons (Fsp3) is 0.619. The van der Waals surface area contributed by atoms with Crippen molar-refractivity contribution in [2.24, 2.45) is 11.8 Å². The summed E-state index contributed by atoms with van der Waals surface area (Å²) in [5.74, 6) is -4.07. The lowest BCUT2D eigenvalue weighted by atomic mass is 10.1. The molecule has 1 aromatic rings. The van der Waals surface area contributed by atoms with Crippen LogP contribution in [0.5, 0.6) is 11.5 Å². The second-order valence-corrected chi connectivity index (χ2v) is 8.39. The molecule has 0 radical (unpaired) electrons. The molecule has 2 saturated heterocycles. The molecule has 164 valence electrons. The number of nitrogens with zero attached hydrogens (tertiary/aromatic N) is 2. The van der Waals surface area contributed by atoms with E-state index in [0.29, 0.717) is 23.6 Å². The quantitative estimate of drug-likeness (QED) is 0.761. The van der Waals surface area contributed by atoms with Gasteiger partial charge in [-0.3, -0.25) is 9.59 Å². The fourth-order valence-electron chi connectivity index (χ4n) is 4.69. The van der Waals surface area contributed by atoms with E-state index in [1.54, 1.807) is 0 Å². The molecule has 30 heavy (non-hydrogen) atoms. The van der Waals surface area contributed by atoms with Gasteiger partial charge >= 0.3 is 0 Å². The van der Waals surface area contributed by atoms with Gasteiger partial charge in [-0.05, 0) is 38.6 Å². The first-order valence-electron chi connectivity index (χ1n) is 10.2. The van der Waals surface area contributed by atoms with Crippen molar-refractivity contribution in [3.8, 4) is 11.5 Å². The summed E-state index contributed by atoms with van der Waals surface area (Å²) < 4.78 is 37.7. The van der Waals surface area contributed by atoms with E-state index < -0.39 is 17.8 Å². The summed E-state index contributed by atoms with van der Waals surface area (Å²) in [5.41, 5.74) is 0.603. The van der Waals surface area contributed by atoms with Crippen molar-refractivity contribution < 1.29 is 27.8 Å². The van der Waals surface area contributed by atoms with Crippen LogP contribution >= 0.6 is 0 Å². The molecule has 2 amide bonds. The van der Waals surface area contributed by atoms with Crippen LogP contribution in [-0.2, 0) is 4.79 Å². The third-order valence-electron chi connectivity index (χ3n) is 6.58. The molecule has 0 spiro atoms. The molecular formula is C21H27F2N3O4. The van der Waals surface area contributed by atoms with Gasteiger partial charge in [-0.15, -0.1) is 0 Å². The predicted molar refractivity (Wildman–Crippen MR) is 106 cm³/mol. The first-order chi connectivity index (χ1) is 14.3. The number of rotatable bonds is 6. The normalized spacial score (nSPS) is 27.0. The van der Waals surface area contributed by atoms with Gasteiger partial charge in [0.2, 0.25) is 5.91 Å². The molecule has 3 aliphatic rings. The lowest BCUT2D eigenvalue weighted by Crippen LogP contribution is -2.33. The zero-order chi connectivity index (χ0) is 21.6. The number of hydrogen-bond donors (Lipinski definition) is 1. The summed E-state index contributed by atoms with van der Waals surface area (Å²) in [4.78, 5) is 29.1. The van der Waals surface area contributed by atoms with Crippen LogP contribution in [0, 0.1) is 11.8 Å². The number of anilines is 1. The lowest BCUT2D eigenvalue weighted by molar-refractivity contribution is -0.117. The number of nitrogens with one attached hydrogen (secondary N) is 1. The monoisotopic (exact) mass is 423 g/mol. The van der Waals surface area contributed by atoms with Crippen LogP contribution in [0.4, 0.5) is 14.5 Å². The number of methoxy groups -OCH3 is 2. The zero-order valence-corrected chi connectivity index (χ0v) is 17.4. The third-order valence-corrected chi connectivity index (χ3v) is 6.58. The summed E-state index contributed by atoms with van der Waals surface area (Å²) in [6.45, 7) is 1.05. The molecule has 1 aromatic carbocycles. The van der Waals surface area contributed by atoms with E-state index in [4.69, 9.17) is 9.47 Å². The molecule has 3 fully saturated rings. The average molecular weight is 423 g/mol. The highest BCUT2D eigenvalue weighted by Gasteiger charge is 2.72. The Kier molecular flexibility index (Phi) is 5.34. The van der Waals surface area contributed by atoms with Gasteiger partial charge in [-0.1, -0.05) is 0 Å². The van der Waals surface area contributed by atoms with Crippen LogP contribution in [0.1, 0.15) is 29.6 Å². The van der Waals surface area contributed by atoms with E-state index in [9.17, 15) is 18.4 Å². The number of carbonyl (C=O) groups excluding carboxylic acids is 2. The number of likely N-dealkylation sites (tertiary alicyclic amines) is 2. The van der Waals surface area contributed by atoms with Crippen molar-refractivity contribution in [3.63, 3.8) is 0 Å². The van der Waals surface area contributed by atoms with Gasteiger partial charge in [0, 0.05) is 31.1 Å². The van der Waals surface area contributed by atoms with E-state index in [1.165, 1.54) is 31.3 Å². The SMILES string of the molecule is COc1cc(C(=O)N2CC3C(C2)C3(F)F)cc(NC(=O)CC2CCCN2C)c1OC. The van der Waals surface area contributed by atoms with E-state index in [1.807, 2.05) is 7.05 Å². The molecule has 1 N–H and O–H groups in total. The summed E-state index contributed by atoms with van der Waals surface area (Å²) in [6, 6.07) is 3.23. The minimum Gasteiger partial charge on any atom is -0.493 e. The number of ether oxygens (including phenoxy) is 2. The van der Waals surface area contributed by atoms with Crippen molar-refractivity contribution in [3.05, 3.63) is 17.7 Å². The van der Waals surface area contributed by atoms with Gasteiger partial charge in [0.05, 0.1) is 31.7 Å². The maximum atomic E-state index is 13.5. The highest BCUT2D eigenvalue weighted by Crippen LogP contribution is 2.59. The number of amides is 2. The Balaban J connectivity index is 1.52.